The summed E-state index contributed by atoms with van der Waals surface area (Å²) >= 11 is 1.49. The number of amides is 2. The molecule has 6 nitrogen and oxygen atoms in total. The standard InChI is InChI=1S/C32H32N4O2S/c1-21(2)24-14-16-25(17-15-24)30-29(31(38)35-26-12-8-5-9-13-26)22(3)34-32-36(30)27(20-39-32)18-28(37)33-19-23-10-6-4-7-11-23/h4-17,20-21,30H,18-19H2,1-3H3,(H,33,37)(H,35,38)/t30-/m1/s1. The zero-order valence-electron chi connectivity index (χ0n) is 22.3. The second kappa shape index (κ2) is 11.7. The average Bonchev–Trinajstić information content (AvgIpc) is 3.33. The van der Waals surface area contributed by atoms with Gasteiger partial charge in [-0.2, -0.15) is 0 Å². The van der Waals surface area contributed by atoms with Crippen LogP contribution in [0.4, 0.5) is 5.69 Å². The van der Waals surface area contributed by atoms with Crippen LogP contribution in [-0.4, -0.2) is 21.9 Å². The van der Waals surface area contributed by atoms with Crippen LogP contribution in [0.2, 0.25) is 0 Å². The number of amidine groups is 1. The van der Waals surface area contributed by atoms with Gasteiger partial charge in [0.25, 0.3) is 5.91 Å². The lowest BCUT2D eigenvalue weighted by molar-refractivity contribution is -0.120. The van der Waals surface area contributed by atoms with Crippen molar-refractivity contribution in [3.63, 3.8) is 0 Å². The summed E-state index contributed by atoms with van der Waals surface area (Å²) in [6.45, 7) is 6.67. The van der Waals surface area contributed by atoms with Gasteiger partial charge < -0.3 is 15.5 Å². The highest BCUT2D eigenvalue weighted by molar-refractivity contribution is 8.16. The molecule has 2 aliphatic rings. The van der Waals surface area contributed by atoms with E-state index in [1.807, 2.05) is 77.9 Å². The number of anilines is 1. The molecule has 2 heterocycles. The van der Waals surface area contributed by atoms with Crippen molar-refractivity contribution in [2.45, 2.75) is 45.7 Å². The molecule has 2 N–H and O–H groups in total. The summed E-state index contributed by atoms with van der Waals surface area (Å²) < 4.78 is 0. The molecule has 1 atom stereocenters. The zero-order chi connectivity index (χ0) is 27.4. The predicted molar refractivity (Wildman–Crippen MR) is 159 cm³/mol. The molecule has 0 saturated carbocycles. The van der Waals surface area contributed by atoms with Crippen LogP contribution in [0.25, 0.3) is 0 Å². The molecule has 0 aliphatic carbocycles. The van der Waals surface area contributed by atoms with Gasteiger partial charge in [0.1, 0.15) is 0 Å². The Balaban J connectivity index is 1.44. The first-order valence-corrected chi connectivity index (χ1v) is 14.0. The molecule has 5 rings (SSSR count). The topological polar surface area (TPSA) is 73.8 Å². The number of thioether (sulfide) groups is 1. The van der Waals surface area contributed by atoms with Crippen molar-refractivity contribution in [3.05, 3.63) is 124 Å². The summed E-state index contributed by atoms with van der Waals surface area (Å²) in [5.41, 5.74) is 6.02. The fourth-order valence-corrected chi connectivity index (χ4v) is 5.75. The zero-order valence-corrected chi connectivity index (χ0v) is 23.2. The third kappa shape index (κ3) is 5.99. The molecule has 2 aliphatic heterocycles. The molecule has 2 amide bonds. The van der Waals surface area contributed by atoms with Crippen molar-refractivity contribution in [2.75, 3.05) is 5.32 Å². The van der Waals surface area contributed by atoms with Crippen LogP contribution in [-0.2, 0) is 16.1 Å². The monoisotopic (exact) mass is 536 g/mol. The smallest absolute Gasteiger partial charge is 0.255 e. The molecule has 3 aromatic rings. The van der Waals surface area contributed by atoms with E-state index in [-0.39, 0.29) is 18.2 Å². The van der Waals surface area contributed by atoms with Crippen LogP contribution in [0.5, 0.6) is 0 Å². The van der Waals surface area contributed by atoms with Crippen LogP contribution >= 0.6 is 11.8 Å². The van der Waals surface area contributed by atoms with E-state index in [1.165, 1.54) is 17.3 Å². The van der Waals surface area contributed by atoms with Crippen LogP contribution in [0.3, 0.4) is 0 Å². The van der Waals surface area contributed by atoms with E-state index in [4.69, 9.17) is 4.99 Å². The molecular formula is C32H32N4O2S. The van der Waals surface area contributed by atoms with Gasteiger partial charge >= 0.3 is 0 Å². The fraction of sp³-hybridized carbons (Fsp3) is 0.219. The number of hydrogen-bond acceptors (Lipinski definition) is 5. The number of para-hydroxylation sites is 1. The molecule has 0 aromatic heterocycles. The van der Waals surface area contributed by atoms with Crippen LogP contribution in [0.1, 0.15) is 55.8 Å². The maximum absolute atomic E-state index is 13.7. The van der Waals surface area contributed by atoms with E-state index < -0.39 is 6.04 Å². The highest BCUT2D eigenvalue weighted by Gasteiger charge is 2.40. The highest BCUT2D eigenvalue weighted by atomic mass is 32.2. The van der Waals surface area contributed by atoms with E-state index in [1.54, 1.807) is 0 Å². The van der Waals surface area contributed by atoms with Gasteiger partial charge in [-0.25, -0.2) is 4.99 Å². The maximum Gasteiger partial charge on any atom is 0.255 e. The Kier molecular flexibility index (Phi) is 7.98. The van der Waals surface area contributed by atoms with Crippen molar-refractivity contribution < 1.29 is 9.59 Å². The average molecular weight is 537 g/mol. The van der Waals surface area contributed by atoms with Gasteiger partial charge in [-0.05, 0) is 47.1 Å². The van der Waals surface area contributed by atoms with Gasteiger partial charge in [-0.1, -0.05) is 98.4 Å². The van der Waals surface area contributed by atoms with Gasteiger partial charge in [-0.3, -0.25) is 9.59 Å². The third-order valence-corrected chi connectivity index (χ3v) is 7.76. The predicted octanol–water partition coefficient (Wildman–Crippen LogP) is 6.73. The number of allylic oxidation sites excluding steroid dienone is 1. The minimum atomic E-state index is -0.411. The first-order valence-electron chi connectivity index (χ1n) is 13.1. The number of carbonyl (C=O) groups excluding carboxylic acids is 2. The molecule has 0 bridgehead atoms. The lowest BCUT2D eigenvalue weighted by Crippen LogP contribution is -2.38. The van der Waals surface area contributed by atoms with E-state index in [9.17, 15) is 9.59 Å². The summed E-state index contributed by atoms with van der Waals surface area (Å²) in [5, 5.41) is 8.82. The van der Waals surface area contributed by atoms with Crippen LogP contribution < -0.4 is 10.6 Å². The number of nitrogens with one attached hydrogen (secondary N) is 2. The lowest BCUT2D eigenvalue weighted by atomic mass is 9.91. The Bertz CT molecular complexity index is 1440. The van der Waals surface area contributed by atoms with Crippen molar-refractivity contribution in [3.8, 4) is 0 Å². The molecule has 0 spiro atoms. The van der Waals surface area contributed by atoms with E-state index in [0.717, 1.165) is 27.7 Å². The normalized spacial score (nSPS) is 16.5. The van der Waals surface area contributed by atoms with E-state index >= 15 is 0 Å². The Morgan fingerprint density at radius 2 is 1.62 bits per heavy atom. The summed E-state index contributed by atoms with van der Waals surface area (Å²) in [7, 11) is 0. The second-order valence-corrected chi connectivity index (χ2v) is 10.8. The van der Waals surface area contributed by atoms with Crippen LogP contribution in [0, 0.1) is 0 Å². The number of rotatable bonds is 8. The molecule has 0 radical (unpaired) electrons. The Hall–Kier alpha value is -4.10. The van der Waals surface area contributed by atoms with Gasteiger partial charge in [0.2, 0.25) is 5.91 Å². The number of hydrogen-bond donors (Lipinski definition) is 2. The number of fused-ring (bicyclic) bond motifs is 1. The highest BCUT2D eigenvalue weighted by Crippen LogP contribution is 2.45. The Morgan fingerprint density at radius 3 is 2.28 bits per heavy atom. The molecular weight excluding hydrogens is 504 g/mol. The number of carbonyl (C=O) groups is 2. The second-order valence-electron chi connectivity index (χ2n) is 9.97. The van der Waals surface area contributed by atoms with Crippen molar-refractivity contribution in [2.24, 2.45) is 4.99 Å². The summed E-state index contributed by atoms with van der Waals surface area (Å²) in [5.74, 6) is 0.110. The number of benzene rings is 3. The quantitative estimate of drug-likeness (QED) is 0.335. The van der Waals surface area contributed by atoms with E-state index in [0.29, 0.717) is 23.7 Å². The van der Waals surface area contributed by atoms with Gasteiger partial charge in [0.05, 0.1) is 23.7 Å². The summed E-state index contributed by atoms with van der Waals surface area (Å²) in [6.07, 6.45) is 0.187. The lowest BCUT2D eigenvalue weighted by Gasteiger charge is -2.36. The Labute approximate surface area is 233 Å². The molecule has 0 fully saturated rings. The maximum atomic E-state index is 13.7. The third-order valence-electron chi connectivity index (χ3n) is 6.87. The minimum Gasteiger partial charge on any atom is -0.352 e. The van der Waals surface area contributed by atoms with E-state index in [2.05, 4.69) is 48.7 Å². The molecule has 3 aromatic carbocycles. The van der Waals surface area contributed by atoms with Gasteiger partial charge in [-0.15, -0.1) is 0 Å². The Morgan fingerprint density at radius 1 is 0.949 bits per heavy atom. The van der Waals surface area contributed by atoms with Crippen LogP contribution in [0.15, 0.2) is 112 Å². The first-order chi connectivity index (χ1) is 18.9. The number of aliphatic imine (C=N–C) groups is 1. The summed E-state index contributed by atoms with van der Waals surface area (Å²) in [6, 6.07) is 27.3. The SMILES string of the molecule is CC1=C(C(=O)Nc2ccccc2)[C@@H](c2ccc(C(C)C)cc2)N2C(CC(=O)NCc3ccccc3)=CSC2=N1. The fourth-order valence-electron chi connectivity index (χ4n) is 4.78. The molecule has 7 heteroatoms. The minimum absolute atomic E-state index is 0.0811. The molecule has 0 saturated heterocycles. The molecule has 0 unspecified atom stereocenters. The van der Waals surface area contributed by atoms with Crippen molar-refractivity contribution >= 4 is 34.4 Å². The van der Waals surface area contributed by atoms with Crippen molar-refractivity contribution in [1.82, 2.24) is 10.2 Å². The largest absolute Gasteiger partial charge is 0.352 e. The first kappa shape index (κ1) is 26.5. The summed E-state index contributed by atoms with van der Waals surface area (Å²) in [4.78, 5) is 33.6. The number of nitrogens with zero attached hydrogens (tertiary/aromatic N) is 2. The van der Waals surface area contributed by atoms with Crippen molar-refractivity contribution in [1.29, 1.82) is 0 Å². The van der Waals surface area contributed by atoms with Gasteiger partial charge in [0.15, 0.2) is 5.17 Å². The van der Waals surface area contributed by atoms with Gasteiger partial charge in [0, 0.05) is 17.9 Å². The molecule has 198 valence electrons. The molecule has 39 heavy (non-hydrogen) atoms.